The highest BCUT2D eigenvalue weighted by Gasteiger charge is 2.49. The number of alkyl halides is 9. The van der Waals surface area contributed by atoms with E-state index in [9.17, 15) is 44.3 Å². The summed E-state index contributed by atoms with van der Waals surface area (Å²) in [6.07, 6.45) is -12.8. The number of aliphatic carboxylic acids is 1. The van der Waals surface area contributed by atoms with Crippen molar-refractivity contribution < 1.29 is 53.8 Å². The van der Waals surface area contributed by atoms with E-state index in [1.54, 1.807) is 30.5 Å². The zero-order chi connectivity index (χ0) is 34.6. The van der Waals surface area contributed by atoms with Gasteiger partial charge in [0.05, 0.1) is 17.2 Å². The number of piperidine rings is 1. The number of aromatic nitrogens is 5. The molecule has 0 radical (unpaired) electrons. The highest BCUT2D eigenvalue weighted by molar-refractivity contribution is 5.73. The third-order valence-corrected chi connectivity index (χ3v) is 7.18. The van der Waals surface area contributed by atoms with E-state index in [2.05, 4.69) is 30.7 Å². The maximum atomic E-state index is 14.3. The highest BCUT2D eigenvalue weighted by atomic mass is 19.4. The van der Waals surface area contributed by atoms with Gasteiger partial charge < -0.3 is 14.8 Å². The van der Waals surface area contributed by atoms with Crippen LogP contribution >= 0.6 is 0 Å². The van der Waals surface area contributed by atoms with Crippen molar-refractivity contribution in [1.82, 2.24) is 30.3 Å². The van der Waals surface area contributed by atoms with E-state index in [4.69, 9.17) is 14.3 Å². The van der Waals surface area contributed by atoms with Crippen LogP contribution in [-0.2, 0) is 22.8 Å². The van der Waals surface area contributed by atoms with Crippen LogP contribution in [0.3, 0.4) is 0 Å². The number of hydrogen-bond donors (Lipinski definition) is 4. The SMILES string of the molecule is O=C(O)C(F)(F)F.O=c1[nH]nc(C2(Cc3cccc(Nc4ccn[nH]4)n3)CCN(C(c3cccc(C(F)(F)F)c3)C(F)(F)F)CC2)o1. The van der Waals surface area contributed by atoms with Crippen molar-refractivity contribution in [2.45, 2.75) is 49.2 Å². The van der Waals surface area contributed by atoms with Crippen LogP contribution in [0.5, 0.6) is 0 Å². The molecule has 47 heavy (non-hydrogen) atoms. The van der Waals surface area contributed by atoms with E-state index in [0.29, 0.717) is 23.4 Å². The number of nitrogens with zero attached hydrogens (tertiary/aromatic N) is 4. The van der Waals surface area contributed by atoms with E-state index < -0.39 is 52.8 Å². The predicted octanol–water partition coefficient (Wildman–Crippen LogP) is 5.76. The first-order valence-corrected chi connectivity index (χ1v) is 13.4. The highest BCUT2D eigenvalue weighted by Crippen LogP contribution is 2.45. The minimum absolute atomic E-state index is 0.0357. The second kappa shape index (κ2) is 13.5. The number of nitrogens with one attached hydrogen (secondary N) is 3. The molecular weight excluding hydrogens is 657 g/mol. The molecule has 3 aromatic heterocycles. The fraction of sp³-hybridized carbons (Fsp3) is 0.370. The summed E-state index contributed by atoms with van der Waals surface area (Å²) in [5.41, 5.74) is -2.08. The number of likely N-dealkylation sites (tertiary alicyclic amines) is 1. The lowest BCUT2D eigenvalue weighted by Crippen LogP contribution is -2.48. The van der Waals surface area contributed by atoms with Crippen molar-refractivity contribution in [2.24, 2.45) is 0 Å². The van der Waals surface area contributed by atoms with Crippen molar-refractivity contribution in [1.29, 1.82) is 0 Å². The molecule has 1 fully saturated rings. The Labute approximate surface area is 257 Å². The van der Waals surface area contributed by atoms with Gasteiger partial charge in [-0.25, -0.2) is 19.7 Å². The fourth-order valence-corrected chi connectivity index (χ4v) is 5.08. The molecule has 0 spiro atoms. The summed E-state index contributed by atoms with van der Waals surface area (Å²) in [6.45, 7) is -0.299. The Hall–Kier alpha value is -4.88. The lowest BCUT2D eigenvalue weighted by atomic mass is 9.74. The summed E-state index contributed by atoms with van der Waals surface area (Å²) in [5, 5.41) is 23.0. The molecule has 1 aliphatic rings. The predicted molar refractivity (Wildman–Crippen MR) is 143 cm³/mol. The first-order chi connectivity index (χ1) is 21.9. The van der Waals surface area contributed by atoms with Gasteiger partial charge in [0.2, 0.25) is 5.89 Å². The van der Waals surface area contributed by atoms with Gasteiger partial charge in [0, 0.05) is 31.3 Å². The number of aromatic amines is 2. The van der Waals surface area contributed by atoms with Crippen LogP contribution in [0.4, 0.5) is 51.1 Å². The molecule has 4 N–H and O–H groups in total. The van der Waals surface area contributed by atoms with Crippen LogP contribution in [-0.4, -0.2) is 66.8 Å². The van der Waals surface area contributed by atoms with Gasteiger partial charge in [-0.1, -0.05) is 18.2 Å². The second-order valence-electron chi connectivity index (χ2n) is 10.4. The maximum Gasteiger partial charge on any atom is 0.490 e. The Balaban J connectivity index is 0.000000644. The van der Waals surface area contributed by atoms with Crippen LogP contribution in [0.2, 0.25) is 0 Å². The molecule has 20 heteroatoms. The number of hydrogen-bond acceptors (Lipinski definition) is 8. The van der Waals surface area contributed by atoms with Crippen LogP contribution in [0.15, 0.2) is 63.9 Å². The maximum absolute atomic E-state index is 14.3. The van der Waals surface area contributed by atoms with E-state index >= 15 is 0 Å². The van der Waals surface area contributed by atoms with E-state index in [1.807, 2.05) is 0 Å². The van der Waals surface area contributed by atoms with Gasteiger partial charge >= 0.3 is 30.3 Å². The number of carboxylic acids is 1. The molecule has 11 nitrogen and oxygen atoms in total. The molecule has 1 aliphatic heterocycles. The quantitative estimate of drug-likeness (QED) is 0.179. The van der Waals surface area contributed by atoms with Gasteiger partial charge in [0.25, 0.3) is 0 Å². The Bertz CT molecular complexity index is 1690. The van der Waals surface area contributed by atoms with Gasteiger partial charge in [-0.05, 0) is 42.7 Å². The topological polar surface area (TPSA) is 153 Å². The average molecular weight is 682 g/mol. The first-order valence-electron chi connectivity index (χ1n) is 13.4. The van der Waals surface area contributed by atoms with Crippen LogP contribution in [0.1, 0.15) is 41.6 Å². The first kappa shape index (κ1) is 35.0. The third kappa shape index (κ3) is 8.89. The Morgan fingerprint density at radius 3 is 2.19 bits per heavy atom. The molecule has 0 amide bonds. The summed E-state index contributed by atoms with van der Waals surface area (Å²) >= 11 is 0. The third-order valence-electron chi connectivity index (χ3n) is 7.18. The molecule has 1 saturated heterocycles. The minimum Gasteiger partial charge on any atom is -0.475 e. The second-order valence-corrected chi connectivity index (χ2v) is 10.4. The molecule has 4 aromatic rings. The Morgan fingerprint density at radius 2 is 1.66 bits per heavy atom. The van der Waals surface area contributed by atoms with Gasteiger partial charge in [0.15, 0.2) is 0 Å². The number of rotatable bonds is 7. The molecule has 1 unspecified atom stereocenters. The molecular formula is C27H24F9N7O4. The van der Waals surface area contributed by atoms with Crippen molar-refractivity contribution in [3.8, 4) is 0 Å². The summed E-state index contributed by atoms with van der Waals surface area (Å²) in [4.78, 5) is 26.4. The standard InChI is InChI=1S/C25H23F6N7O2.C2HF3O2/c26-24(27,28)16-4-1-3-15(13-16)20(25(29,30)31)38-11-8-23(9-12-38,21-36-37-22(39)40-21)14-17-5-2-6-18(33-17)34-19-7-10-32-35-19;3-2(4,5)1(6)7/h1-7,10,13,20H,8-9,11-12,14H2,(H,37,39)(H2,32,33,34,35);(H,6,7). The number of anilines is 2. The summed E-state index contributed by atoms with van der Waals surface area (Å²) in [5.74, 6) is -2.45. The summed E-state index contributed by atoms with van der Waals surface area (Å²) in [6, 6.07) is 7.94. The number of carbonyl (C=O) groups is 1. The van der Waals surface area contributed by atoms with Gasteiger partial charge in [-0.3, -0.25) is 10.00 Å². The monoisotopic (exact) mass is 681 g/mol. The normalized spacial score (nSPS) is 16.2. The zero-order valence-electron chi connectivity index (χ0n) is 23.7. The number of benzene rings is 1. The average Bonchev–Trinajstić information content (AvgIpc) is 3.65. The number of carboxylic acid groups (broad SMARTS) is 1. The fourth-order valence-electron chi connectivity index (χ4n) is 5.08. The Kier molecular flexibility index (Phi) is 10.0. The minimum atomic E-state index is -5.08. The molecule has 1 atom stereocenters. The molecule has 254 valence electrons. The molecule has 0 saturated carbocycles. The largest absolute Gasteiger partial charge is 0.490 e. The summed E-state index contributed by atoms with van der Waals surface area (Å²) in [7, 11) is 0. The van der Waals surface area contributed by atoms with E-state index in [1.165, 1.54) is 0 Å². The molecule has 1 aromatic carbocycles. The van der Waals surface area contributed by atoms with Crippen molar-refractivity contribution >= 4 is 17.6 Å². The van der Waals surface area contributed by atoms with Crippen molar-refractivity contribution in [3.05, 3.63) is 88.0 Å². The molecule has 4 heterocycles. The van der Waals surface area contributed by atoms with E-state index in [0.717, 1.165) is 23.1 Å². The molecule has 0 aliphatic carbocycles. The van der Waals surface area contributed by atoms with Crippen molar-refractivity contribution in [2.75, 3.05) is 18.4 Å². The number of H-pyrrole nitrogens is 2. The van der Waals surface area contributed by atoms with Gasteiger partial charge in [0.1, 0.15) is 17.7 Å². The molecule has 0 bridgehead atoms. The Morgan fingerprint density at radius 1 is 1.00 bits per heavy atom. The van der Waals surface area contributed by atoms with E-state index in [-0.39, 0.29) is 38.2 Å². The lowest BCUT2D eigenvalue weighted by molar-refractivity contribution is -0.192. The van der Waals surface area contributed by atoms with Crippen LogP contribution < -0.4 is 11.1 Å². The number of halogens is 9. The summed E-state index contributed by atoms with van der Waals surface area (Å²) < 4.78 is 120. The van der Waals surface area contributed by atoms with Crippen molar-refractivity contribution in [3.63, 3.8) is 0 Å². The van der Waals surface area contributed by atoms with Crippen LogP contribution in [0.25, 0.3) is 0 Å². The smallest absolute Gasteiger partial charge is 0.475 e. The number of pyridine rings is 1. The molecule has 5 rings (SSSR count). The zero-order valence-corrected chi connectivity index (χ0v) is 23.7. The van der Waals surface area contributed by atoms with Crippen LogP contribution in [0, 0.1) is 0 Å². The van der Waals surface area contributed by atoms with Gasteiger partial charge in [-0.15, -0.1) is 5.10 Å². The van der Waals surface area contributed by atoms with Gasteiger partial charge in [-0.2, -0.15) is 44.6 Å². The lowest BCUT2D eigenvalue weighted by Gasteiger charge is -2.43.